The molecule has 0 atom stereocenters. The fourth-order valence-electron chi connectivity index (χ4n) is 3.12. The highest BCUT2D eigenvalue weighted by molar-refractivity contribution is 5.87. The van der Waals surface area contributed by atoms with Crippen LogP contribution in [0.1, 0.15) is 11.1 Å². The summed E-state index contributed by atoms with van der Waals surface area (Å²) in [6.07, 6.45) is 0. The SMILES string of the molecule is Cc1c(C#N)c(Nc2ccc(-c3ccccc3)cc2)nc2ccccc12. The van der Waals surface area contributed by atoms with Crippen molar-refractivity contribution in [1.29, 1.82) is 5.26 Å². The van der Waals surface area contributed by atoms with E-state index in [0.717, 1.165) is 27.7 Å². The molecule has 3 aromatic carbocycles. The first-order valence-corrected chi connectivity index (χ1v) is 8.48. The van der Waals surface area contributed by atoms with Gasteiger partial charge in [0.1, 0.15) is 11.9 Å². The van der Waals surface area contributed by atoms with Crippen molar-refractivity contribution < 1.29 is 0 Å². The number of fused-ring (bicyclic) bond motifs is 1. The lowest BCUT2D eigenvalue weighted by atomic mass is 10.0. The molecule has 0 spiro atoms. The number of nitrogens with zero attached hydrogens (tertiary/aromatic N) is 2. The lowest BCUT2D eigenvalue weighted by molar-refractivity contribution is 1.30. The Bertz CT molecular complexity index is 1110. The molecule has 0 aliphatic rings. The first-order chi connectivity index (χ1) is 12.8. The van der Waals surface area contributed by atoms with Crippen LogP contribution in [0.25, 0.3) is 22.0 Å². The molecule has 0 amide bonds. The minimum atomic E-state index is 0.579. The molecular weight excluding hydrogens is 318 g/mol. The van der Waals surface area contributed by atoms with Gasteiger partial charge in [0.25, 0.3) is 0 Å². The molecule has 0 saturated carbocycles. The van der Waals surface area contributed by atoms with Gasteiger partial charge in [-0.2, -0.15) is 5.26 Å². The third-order valence-corrected chi connectivity index (χ3v) is 4.52. The number of hydrogen-bond donors (Lipinski definition) is 1. The van der Waals surface area contributed by atoms with Crippen LogP contribution in [0.4, 0.5) is 11.5 Å². The maximum Gasteiger partial charge on any atom is 0.149 e. The number of aromatic nitrogens is 1. The number of para-hydroxylation sites is 1. The van der Waals surface area contributed by atoms with E-state index in [0.29, 0.717) is 11.4 Å². The Hall–Kier alpha value is -3.64. The Morgan fingerprint density at radius 3 is 2.19 bits per heavy atom. The molecule has 4 aromatic rings. The van der Waals surface area contributed by atoms with Gasteiger partial charge in [0, 0.05) is 11.1 Å². The monoisotopic (exact) mass is 335 g/mol. The number of aryl methyl sites for hydroxylation is 1. The highest BCUT2D eigenvalue weighted by Gasteiger charge is 2.12. The molecule has 3 heteroatoms. The summed E-state index contributed by atoms with van der Waals surface area (Å²) in [4.78, 5) is 4.65. The molecule has 26 heavy (non-hydrogen) atoms. The molecule has 1 aromatic heterocycles. The Morgan fingerprint density at radius 1 is 0.808 bits per heavy atom. The Kier molecular flexibility index (Phi) is 4.09. The summed E-state index contributed by atoms with van der Waals surface area (Å²) < 4.78 is 0. The molecule has 1 N–H and O–H groups in total. The van der Waals surface area contributed by atoms with Gasteiger partial charge in [-0.3, -0.25) is 0 Å². The molecular formula is C23H17N3. The normalized spacial score (nSPS) is 10.5. The zero-order chi connectivity index (χ0) is 17.9. The second-order valence-corrected chi connectivity index (χ2v) is 6.16. The first kappa shape index (κ1) is 15.9. The molecule has 4 rings (SSSR count). The average Bonchev–Trinajstić information content (AvgIpc) is 2.70. The summed E-state index contributed by atoms with van der Waals surface area (Å²) in [6.45, 7) is 1.96. The molecule has 0 bridgehead atoms. The molecule has 0 aliphatic heterocycles. The number of hydrogen-bond acceptors (Lipinski definition) is 3. The minimum absolute atomic E-state index is 0.579. The summed E-state index contributed by atoms with van der Waals surface area (Å²) in [7, 11) is 0. The first-order valence-electron chi connectivity index (χ1n) is 8.48. The van der Waals surface area contributed by atoms with Gasteiger partial charge in [0.2, 0.25) is 0 Å². The second kappa shape index (κ2) is 6.70. The van der Waals surface area contributed by atoms with Gasteiger partial charge in [0.15, 0.2) is 0 Å². The third kappa shape index (κ3) is 2.89. The van der Waals surface area contributed by atoms with E-state index in [2.05, 4.69) is 40.6 Å². The summed E-state index contributed by atoms with van der Waals surface area (Å²) in [5.74, 6) is 0.594. The second-order valence-electron chi connectivity index (χ2n) is 6.16. The van der Waals surface area contributed by atoms with E-state index in [1.165, 1.54) is 5.56 Å². The number of anilines is 2. The van der Waals surface area contributed by atoms with E-state index in [-0.39, 0.29) is 0 Å². The van der Waals surface area contributed by atoms with Crippen LogP contribution in [0, 0.1) is 18.3 Å². The van der Waals surface area contributed by atoms with Crippen LogP contribution in [0.3, 0.4) is 0 Å². The molecule has 0 fully saturated rings. The maximum atomic E-state index is 9.60. The van der Waals surface area contributed by atoms with Crippen LogP contribution in [-0.2, 0) is 0 Å². The molecule has 0 aliphatic carbocycles. The maximum absolute atomic E-state index is 9.60. The number of rotatable bonds is 3. The zero-order valence-corrected chi connectivity index (χ0v) is 14.4. The van der Waals surface area contributed by atoms with Crippen molar-refractivity contribution in [2.75, 3.05) is 5.32 Å². The lowest BCUT2D eigenvalue weighted by Gasteiger charge is -2.12. The predicted octanol–water partition coefficient (Wildman–Crippen LogP) is 5.83. The summed E-state index contributed by atoms with van der Waals surface area (Å²) >= 11 is 0. The van der Waals surface area contributed by atoms with E-state index < -0.39 is 0 Å². The fraction of sp³-hybridized carbons (Fsp3) is 0.0435. The Balaban J connectivity index is 1.70. The van der Waals surface area contributed by atoms with E-state index in [1.54, 1.807) is 0 Å². The molecule has 3 nitrogen and oxygen atoms in total. The van der Waals surface area contributed by atoms with Gasteiger partial charge >= 0.3 is 0 Å². The van der Waals surface area contributed by atoms with Crippen molar-refractivity contribution in [2.45, 2.75) is 6.92 Å². The van der Waals surface area contributed by atoms with E-state index in [4.69, 9.17) is 0 Å². The number of pyridine rings is 1. The lowest BCUT2D eigenvalue weighted by Crippen LogP contribution is -2.00. The highest BCUT2D eigenvalue weighted by Crippen LogP contribution is 2.28. The van der Waals surface area contributed by atoms with Crippen molar-refractivity contribution in [3.05, 3.63) is 90.0 Å². The van der Waals surface area contributed by atoms with E-state index >= 15 is 0 Å². The fourth-order valence-corrected chi connectivity index (χ4v) is 3.12. The Labute approximate surface area is 152 Å². The largest absolute Gasteiger partial charge is 0.339 e. The van der Waals surface area contributed by atoms with Crippen LogP contribution in [0.2, 0.25) is 0 Å². The molecule has 124 valence electrons. The topological polar surface area (TPSA) is 48.7 Å². The summed E-state index contributed by atoms with van der Waals surface area (Å²) in [5.41, 5.74) is 5.64. The molecule has 1 heterocycles. The van der Waals surface area contributed by atoms with Crippen LogP contribution < -0.4 is 5.32 Å². The number of benzene rings is 3. The third-order valence-electron chi connectivity index (χ3n) is 4.52. The summed E-state index contributed by atoms with van der Waals surface area (Å²) in [6, 6.07) is 28.6. The van der Waals surface area contributed by atoms with Gasteiger partial charge in [-0.05, 0) is 41.8 Å². The van der Waals surface area contributed by atoms with Gasteiger partial charge in [0.05, 0.1) is 11.1 Å². The van der Waals surface area contributed by atoms with Crippen molar-refractivity contribution in [2.24, 2.45) is 0 Å². The van der Waals surface area contributed by atoms with Crippen molar-refractivity contribution in [1.82, 2.24) is 4.98 Å². The molecule has 0 saturated heterocycles. The minimum Gasteiger partial charge on any atom is -0.339 e. The standard InChI is InChI=1S/C23H17N3/c1-16-20-9-5-6-10-22(20)26-23(21(16)15-24)25-19-13-11-18(12-14-19)17-7-3-2-4-8-17/h2-14H,1H3,(H,25,26). The Morgan fingerprint density at radius 2 is 1.46 bits per heavy atom. The van der Waals surface area contributed by atoms with Gasteiger partial charge in [-0.25, -0.2) is 4.98 Å². The number of nitrogens with one attached hydrogen (secondary N) is 1. The summed E-state index contributed by atoms with van der Waals surface area (Å²) in [5, 5.41) is 13.9. The van der Waals surface area contributed by atoms with Gasteiger partial charge in [-0.1, -0.05) is 60.7 Å². The quantitative estimate of drug-likeness (QED) is 0.513. The van der Waals surface area contributed by atoms with E-state index in [9.17, 15) is 5.26 Å². The van der Waals surface area contributed by atoms with Gasteiger partial charge < -0.3 is 5.32 Å². The smallest absolute Gasteiger partial charge is 0.149 e. The zero-order valence-electron chi connectivity index (χ0n) is 14.4. The van der Waals surface area contributed by atoms with Crippen LogP contribution in [0.15, 0.2) is 78.9 Å². The van der Waals surface area contributed by atoms with Crippen molar-refractivity contribution in [3.8, 4) is 17.2 Å². The molecule has 0 radical (unpaired) electrons. The molecule has 0 unspecified atom stereocenters. The van der Waals surface area contributed by atoms with Crippen molar-refractivity contribution >= 4 is 22.4 Å². The average molecular weight is 335 g/mol. The number of nitriles is 1. The van der Waals surface area contributed by atoms with Gasteiger partial charge in [-0.15, -0.1) is 0 Å². The van der Waals surface area contributed by atoms with Crippen LogP contribution in [-0.4, -0.2) is 4.98 Å². The van der Waals surface area contributed by atoms with E-state index in [1.807, 2.05) is 61.5 Å². The van der Waals surface area contributed by atoms with Crippen LogP contribution in [0.5, 0.6) is 0 Å². The predicted molar refractivity (Wildman–Crippen MR) is 106 cm³/mol. The van der Waals surface area contributed by atoms with Crippen molar-refractivity contribution in [3.63, 3.8) is 0 Å². The van der Waals surface area contributed by atoms with Crippen LogP contribution >= 0.6 is 0 Å². The highest BCUT2D eigenvalue weighted by atomic mass is 15.0.